The first kappa shape index (κ1) is 7.94. The van der Waals surface area contributed by atoms with E-state index in [0.29, 0.717) is 0 Å². The van der Waals surface area contributed by atoms with Crippen LogP contribution in [0.3, 0.4) is 0 Å². The second-order valence-electron chi connectivity index (χ2n) is 2.81. The molecule has 62 valence electrons. The monoisotopic (exact) mass is 158 g/mol. The first-order chi connectivity index (χ1) is 4.93. The molecule has 1 aliphatic carbocycles. The fraction of sp³-hybridized carbons (Fsp3) is 0.429. The van der Waals surface area contributed by atoms with Gasteiger partial charge in [-0.3, -0.25) is 0 Å². The summed E-state index contributed by atoms with van der Waals surface area (Å²) in [6.07, 6.45) is 0.764. The van der Waals surface area contributed by atoms with Crippen LogP contribution in [0, 0.1) is 0 Å². The summed E-state index contributed by atoms with van der Waals surface area (Å²) in [7, 11) is 0. The van der Waals surface area contributed by atoms with Gasteiger partial charge in [0.15, 0.2) is 5.76 Å². The largest absolute Gasteiger partial charge is 0.509 e. The Hall–Kier alpha value is -1.16. The molecule has 11 heavy (non-hydrogen) atoms. The van der Waals surface area contributed by atoms with Crippen LogP contribution in [-0.4, -0.2) is 26.0 Å². The highest BCUT2D eigenvalue weighted by atomic mass is 16.3. The molecule has 0 aromatic carbocycles. The standard InChI is InChI=1S/C7H10O4/c1-7(11)3-5(9)4(8)2-6(7)10/h2,8-11H,3H2,1H3. The molecule has 0 bridgehead atoms. The Kier molecular flexibility index (Phi) is 1.56. The molecule has 0 radical (unpaired) electrons. The maximum absolute atomic E-state index is 9.31. The van der Waals surface area contributed by atoms with Gasteiger partial charge in [0.25, 0.3) is 0 Å². The van der Waals surface area contributed by atoms with Gasteiger partial charge in [-0.25, -0.2) is 0 Å². The molecule has 0 saturated carbocycles. The van der Waals surface area contributed by atoms with E-state index < -0.39 is 11.4 Å². The van der Waals surface area contributed by atoms with Crippen LogP contribution < -0.4 is 0 Å². The molecule has 4 nitrogen and oxygen atoms in total. The number of aliphatic hydroxyl groups is 4. The Labute approximate surface area is 63.7 Å². The van der Waals surface area contributed by atoms with E-state index in [4.69, 9.17) is 15.3 Å². The number of aliphatic hydroxyl groups excluding tert-OH is 3. The molecule has 0 amide bonds. The van der Waals surface area contributed by atoms with Crippen molar-refractivity contribution in [3.05, 3.63) is 23.4 Å². The molecule has 1 unspecified atom stereocenters. The van der Waals surface area contributed by atoms with Crippen molar-refractivity contribution < 1.29 is 20.4 Å². The van der Waals surface area contributed by atoms with E-state index in [9.17, 15) is 5.11 Å². The second kappa shape index (κ2) is 2.17. The van der Waals surface area contributed by atoms with Gasteiger partial charge in [-0.05, 0) is 6.92 Å². The lowest BCUT2D eigenvalue weighted by atomic mass is 9.93. The summed E-state index contributed by atoms with van der Waals surface area (Å²) in [6, 6.07) is 0. The number of rotatable bonds is 0. The molecule has 0 spiro atoms. The van der Waals surface area contributed by atoms with Gasteiger partial charge in [0.2, 0.25) is 0 Å². The predicted molar refractivity (Wildman–Crippen MR) is 38.2 cm³/mol. The molecule has 4 N–H and O–H groups in total. The maximum Gasteiger partial charge on any atom is 0.156 e. The van der Waals surface area contributed by atoms with Gasteiger partial charge in [-0.15, -0.1) is 0 Å². The zero-order valence-electron chi connectivity index (χ0n) is 6.07. The van der Waals surface area contributed by atoms with Crippen molar-refractivity contribution in [2.45, 2.75) is 18.9 Å². The number of allylic oxidation sites excluding steroid dienone is 1. The Morgan fingerprint density at radius 2 is 1.91 bits per heavy atom. The summed E-state index contributed by atoms with van der Waals surface area (Å²) < 4.78 is 0. The third kappa shape index (κ3) is 1.30. The topological polar surface area (TPSA) is 80.9 Å². The van der Waals surface area contributed by atoms with E-state index in [0.717, 1.165) is 6.08 Å². The zero-order chi connectivity index (χ0) is 8.65. The van der Waals surface area contributed by atoms with Gasteiger partial charge < -0.3 is 20.4 Å². The van der Waals surface area contributed by atoms with E-state index in [-0.39, 0.29) is 17.9 Å². The third-order valence-electron chi connectivity index (χ3n) is 1.63. The zero-order valence-corrected chi connectivity index (χ0v) is 6.07. The van der Waals surface area contributed by atoms with Crippen LogP contribution in [0.4, 0.5) is 0 Å². The molecular formula is C7H10O4. The second-order valence-corrected chi connectivity index (χ2v) is 2.81. The van der Waals surface area contributed by atoms with E-state index in [1.54, 1.807) is 0 Å². The Balaban J connectivity index is 3.01. The van der Waals surface area contributed by atoms with Crippen LogP contribution in [-0.2, 0) is 0 Å². The van der Waals surface area contributed by atoms with Gasteiger partial charge >= 0.3 is 0 Å². The van der Waals surface area contributed by atoms with E-state index >= 15 is 0 Å². The Morgan fingerprint density at radius 1 is 1.36 bits per heavy atom. The van der Waals surface area contributed by atoms with Crippen molar-refractivity contribution in [2.75, 3.05) is 0 Å². The van der Waals surface area contributed by atoms with Crippen LogP contribution in [0.25, 0.3) is 0 Å². The Bertz CT molecular complexity index is 237. The molecular weight excluding hydrogens is 148 g/mol. The average molecular weight is 158 g/mol. The summed E-state index contributed by atoms with van der Waals surface area (Å²) in [5.74, 6) is -1.05. The smallest absolute Gasteiger partial charge is 0.156 e. The summed E-state index contributed by atoms with van der Waals surface area (Å²) in [5.41, 5.74) is -1.46. The summed E-state index contributed by atoms with van der Waals surface area (Å²) in [6.45, 7) is 1.35. The minimum absolute atomic E-state index is 0.166. The average Bonchev–Trinajstić information content (AvgIpc) is 1.83. The van der Waals surface area contributed by atoms with Crippen LogP contribution in [0.1, 0.15) is 13.3 Å². The lowest BCUT2D eigenvalue weighted by molar-refractivity contribution is 0.0365. The van der Waals surface area contributed by atoms with Gasteiger partial charge in [0.05, 0.1) is 0 Å². The van der Waals surface area contributed by atoms with Crippen LogP contribution >= 0.6 is 0 Å². The fourth-order valence-electron chi connectivity index (χ4n) is 0.875. The first-order valence-corrected chi connectivity index (χ1v) is 3.18. The summed E-state index contributed by atoms with van der Waals surface area (Å²) >= 11 is 0. The molecule has 0 fully saturated rings. The minimum atomic E-state index is -1.46. The fourth-order valence-corrected chi connectivity index (χ4v) is 0.875. The van der Waals surface area contributed by atoms with Gasteiger partial charge in [0, 0.05) is 12.5 Å². The maximum atomic E-state index is 9.31. The van der Waals surface area contributed by atoms with Gasteiger partial charge in [0.1, 0.15) is 17.1 Å². The molecule has 1 aliphatic rings. The predicted octanol–water partition coefficient (Wildman–Crippen LogP) is 0.911. The highest BCUT2D eigenvalue weighted by molar-refractivity contribution is 5.28. The highest BCUT2D eigenvalue weighted by Crippen LogP contribution is 2.28. The van der Waals surface area contributed by atoms with E-state index in [1.165, 1.54) is 6.92 Å². The van der Waals surface area contributed by atoms with Crippen molar-refractivity contribution >= 4 is 0 Å². The van der Waals surface area contributed by atoms with Crippen molar-refractivity contribution in [2.24, 2.45) is 0 Å². The van der Waals surface area contributed by atoms with Crippen molar-refractivity contribution in [1.29, 1.82) is 0 Å². The van der Waals surface area contributed by atoms with Crippen molar-refractivity contribution in [3.8, 4) is 0 Å². The molecule has 4 heteroatoms. The highest BCUT2D eigenvalue weighted by Gasteiger charge is 2.32. The molecule has 0 aromatic rings. The van der Waals surface area contributed by atoms with Crippen LogP contribution in [0.2, 0.25) is 0 Å². The molecule has 1 atom stereocenters. The molecule has 0 aromatic heterocycles. The van der Waals surface area contributed by atoms with Crippen molar-refractivity contribution in [3.63, 3.8) is 0 Å². The summed E-state index contributed by atoms with van der Waals surface area (Å²) in [4.78, 5) is 0. The minimum Gasteiger partial charge on any atom is -0.509 e. The van der Waals surface area contributed by atoms with E-state index in [1.807, 2.05) is 0 Å². The Morgan fingerprint density at radius 3 is 2.36 bits per heavy atom. The van der Waals surface area contributed by atoms with Gasteiger partial charge in [-0.2, -0.15) is 0 Å². The van der Waals surface area contributed by atoms with Gasteiger partial charge in [-0.1, -0.05) is 0 Å². The SMILES string of the molecule is CC1(O)CC(O)=C(O)C=C1O. The summed E-state index contributed by atoms with van der Waals surface area (Å²) in [5, 5.41) is 36.1. The van der Waals surface area contributed by atoms with Crippen molar-refractivity contribution in [1.82, 2.24) is 0 Å². The lowest BCUT2D eigenvalue weighted by Gasteiger charge is -2.25. The van der Waals surface area contributed by atoms with E-state index in [2.05, 4.69) is 0 Å². The van der Waals surface area contributed by atoms with Crippen LogP contribution in [0.5, 0.6) is 0 Å². The molecule has 0 aliphatic heterocycles. The number of hydrogen-bond acceptors (Lipinski definition) is 4. The number of hydrogen-bond donors (Lipinski definition) is 4. The molecule has 1 rings (SSSR count). The third-order valence-corrected chi connectivity index (χ3v) is 1.63. The molecule has 0 saturated heterocycles. The lowest BCUT2D eigenvalue weighted by Crippen LogP contribution is -2.30. The quantitative estimate of drug-likeness (QED) is 0.422. The first-order valence-electron chi connectivity index (χ1n) is 3.18. The molecule has 0 heterocycles. The van der Waals surface area contributed by atoms with Crippen LogP contribution in [0.15, 0.2) is 23.4 Å². The normalized spacial score (nSPS) is 32.0.